The van der Waals surface area contributed by atoms with Gasteiger partial charge in [0.05, 0.1) is 5.92 Å². The summed E-state index contributed by atoms with van der Waals surface area (Å²) in [6, 6.07) is 8.45. The van der Waals surface area contributed by atoms with E-state index in [2.05, 4.69) is 49.5 Å². The Labute approximate surface area is 144 Å². The van der Waals surface area contributed by atoms with Gasteiger partial charge in [0.25, 0.3) is 5.91 Å². The minimum Gasteiger partial charge on any atom is -0.455 e. The molecule has 0 aromatic heterocycles. The van der Waals surface area contributed by atoms with Crippen molar-refractivity contribution in [3.8, 4) is 0 Å². The molecular weight excluding hydrogens is 302 g/mol. The van der Waals surface area contributed by atoms with E-state index >= 15 is 0 Å². The van der Waals surface area contributed by atoms with Gasteiger partial charge in [0.1, 0.15) is 0 Å². The third-order valence-electron chi connectivity index (χ3n) is 4.33. The molecule has 0 unspecified atom stereocenters. The van der Waals surface area contributed by atoms with E-state index < -0.39 is 0 Å². The lowest BCUT2D eigenvalue weighted by atomic mass is 9.95. The maximum absolute atomic E-state index is 11.8. The highest BCUT2D eigenvalue weighted by molar-refractivity contribution is 5.81. The molecule has 1 atom stereocenters. The minimum atomic E-state index is -0.265. The number of esters is 1. The summed E-state index contributed by atoms with van der Waals surface area (Å²) in [7, 11) is 0. The monoisotopic (exact) mass is 329 g/mol. The topological polar surface area (TPSA) is 55.4 Å². The van der Waals surface area contributed by atoms with Crippen molar-refractivity contribution in [2.75, 3.05) is 13.2 Å². The van der Waals surface area contributed by atoms with Gasteiger partial charge in [-0.2, -0.15) is 0 Å². The second-order valence-electron chi connectivity index (χ2n) is 6.59. The van der Waals surface area contributed by atoms with E-state index in [-0.39, 0.29) is 24.4 Å². The van der Waals surface area contributed by atoms with Crippen LogP contribution in [0.4, 0.5) is 0 Å². The van der Waals surface area contributed by atoms with Crippen molar-refractivity contribution < 1.29 is 14.3 Å². The first-order valence-electron chi connectivity index (χ1n) is 8.73. The maximum atomic E-state index is 11.8. The lowest BCUT2D eigenvalue weighted by molar-refractivity contribution is -0.152. The molecule has 0 radical (unpaired) electrons. The third-order valence-corrected chi connectivity index (χ3v) is 4.33. The van der Waals surface area contributed by atoms with Gasteiger partial charge in [0, 0.05) is 6.54 Å². The third kappa shape index (κ3) is 5.84. The van der Waals surface area contributed by atoms with Gasteiger partial charge in [0.15, 0.2) is 6.61 Å². The van der Waals surface area contributed by atoms with E-state index in [1.165, 1.54) is 11.1 Å². The Morgan fingerprint density at radius 2 is 1.96 bits per heavy atom. The Hall–Kier alpha value is -2.10. The summed E-state index contributed by atoms with van der Waals surface area (Å²) in [5.41, 5.74) is 2.50. The molecule has 130 valence electrons. The van der Waals surface area contributed by atoms with Crippen molar-refractivity contribution in [1.29, 1.82) is 0 Å². The molecule has 0 saturated carbocycles. The van der Waals surface area contributed by atoms with Gasteiger partial charge in [-0.1, -0.05) is 50.3 Å². The van der Waals surface area contributed by atoms with Crippen LogP contribution in [0.2, 0.25) is 0 Å². The molecule has 0 spiro atoms. The molecule has 0 bridgehead atoms. The van der Waals surface area contributed by atoms with E-state index in [1.807, 2.05) is 6.08 Å². The quantitative estimate of drug-likeness (QED) is 0.616. The molecule has 2 rings (SSSR count). The van der Waals surface area contributed by atoms with Gasteiger partial charge in [-0.3, -0.25) is 9.59 Å². The van der Waals surface area contributed by atoms with Crippen LogP contribution >= 0.6 is 0 Å². The first-order valence-corrected chi connectivity index (χ1v) is 8.73. The lowest BCUT2D eigenvalue weighted by Gasteiger charge is -2.16. The summed E-state index contributed by atoms with van der Waals surface area (Å²) in [5, 5.41) is 2.80. The average molecular weight is 329 g/mol. The number of hydrogen-bond donors (Lipinski definition) is 1. The zero-order valence-corrected chi connectivity index (χ0v) is 14.6. The molecule has 0 aliphatic heterocycles. The van der Waals surface area contributed by atoms with Crippen LogP contribution in [-0.4, -0.2) is 25.0 Å². The molecule has 1 aliphatic rings. The van der Waals surface area contributed by atoms with Crippen molar-refractivity contribution in [1.82, 2.24) is 5.32 Å². The maximum Gasteiger partial charge on any atom is 0.309 e. The molecule has 24 heavy (non-hydrogen) atoms. The van der Waals surface area contributed by atoms with E-state index in [0.29, 0.717) is 18.9 Å². The SMILES string of the molecule is CC(C)c1ccc(CCNC(=O)COC(=O)[C@@H]2CC=CCC2)cc1. The van der Waals surface area contributed by atoms with Crippen LogP contribution in [0.3, 0.4) is 0 Å². The molecule has 1 N–H and O–H groups in total. The molecule has 1 aromatic rings. The van der Waals surface area contributed by atoms with Crippen molar-refractivity contribution in [2.24, 2.45) is 5.92 Å². The summed E-state index contributed by atoms with van der Waals surface area (Å²) in [5.74, 6) is -0.0809. The standard InChI is InChI=1S/C20H27NO3/c1-15(2)17-10-8-16(9-11-17)12-13-21-19(22)14-24-20(23)18-6-4-3-5-7-18/h3-4,8-11,15,18H,5-7,12-14H2,1-2H3,(H,21,22)/t18-/m1/s1. The number of amides is 1. The van der Waals surface area contributed by atoms with Crippen LogP contribution < -0.4 is 5.32 Å². The van der Waals surface area contributed by atoms with Gasteiger partial charge in [-0.15, -0.1) is 0 Å². The van der Waals surface area contributed by atoms with E-state index in [4.69, 9.17) is 4.74 Å². The minimum absolute atomic E-state index is 0.0951. The number of nitrogens with one attached hydrogen (secondary N) is 1. The molecule has 4 heteroatoms. The Balaban J connectivity index is 1.64. The number of benzene rings is 1. The van der Waals surface area contributed by atoms with Gasteiger partial charge < -0.3 is 10.1 Å². The Morgan fingerprint density at radius 3 is 2.58 bits per heavy atom. The zero-order valence-electron chi connectivity index (χ0n) is 14.6. The summed E-state index contributed by atoms with van der Waals surface area (Å²) >= 11 is 0. The van der Waals surface area contributed by atoms with E-state index in [0.717, 1.165) is 19.3 Å². The van der Waals surface area contributed by atoms with Crippen LogP contribution in [0, 0.1) is 5.92 Å². The van der Waals surface area contributed by atoms with Crippen LogP contribution in [0.5, 0.6) is 0 Å². The van der Waals surface area contributed by atoms with Gasteiger partial charge in [-0.25, -0.2) is 0 Å². The fourth-order valence-electron chi connectivity index (χ4n) is 2.73. The first kappa shape index (κ1) is 18.2. The molecular formula is C20H27NO3. The summed E-state index contributed by atoms with van der Waals surface area (Å²) in [4.78, 5) is 23.6. The molecule has 0 fully saturated rings. The highest BCUT2D eigenvalue weighted by atomic mass is 16.5. The largest absolute Gasteiger partial charge is 0.455 e. The van der Waals surface area contributed by atoms with Crippen LogP contribution in [0.25, 0.3) is 0 Å². The number of carbonyl (C=O) groups is 2. The predicted molar refractivity (Wildman–Crippen MR) is 94.7 cm³/mol. The molecule has 0 saturated heterocycles. The smallest absolute Gasteiger partial charge is 0.309 e. The van der Waals surface area contributed by atoms with Crippen molar-refractivity contribution in [3.05, 3.63) is 47.5 Å². The number of allylic oxidation sites excluding steroid dienone is 2. The second kappa shape index (κ2) is 9.26. The Bertz CT molecular complexity index is 575. The van der Waals surface area contributed by atoms with Crippen LogP contribution in [0.15, 0.2) is 36.4 Å². The van der Waals surface area contributed by atoms with Crippen molar-refractivity contribution in [2.45, 2.75) is 45.4 Å². The van der Waals surface area contributed by atoms with E-state index in [9.17, 15) is 9.59 Å². The molecule has 1 aromatic carbocycles. The Morgan fingerprint density at radius 1 is 1.21 bits per heavy atom. The fourth-order valence-corrected chi connectivity index (χ4v) is 2.73. The molecule has 1 amide bonds. The second-order valence-corrected chi connectivity index (χ2v) is 6.59. The van der Waals surface area contributed by atoms with Gasteiger partial charge in [0.2, 0.25) is 0 Å². The summed E-state index contributed by atoms with van der Waals surface area (Å²) in [6.07, 6.45) is 7.27. The molecule has 1 aliphatic carbocycles. The Kier molecular flexibility index (Phi) is 7.04. The lowest BCUT2D eigenvalue weighted by Crippen LogP contribution is -2.31. The number of hydrogen-bond acceptors (Lipinski definition) is 3. The zero-order chi connectivity index (χ0) is 17.4. The highest BCUT2D eigenvalue weighted by Gasteiger charge is 2.20. The van der Waals surface area contributed by atoms with Gasteiger partial charge >= 0.3 is 5.97 Å². The fraction of sp³-hybridized carbons (Fsp3) is 0.500. The number of ether oxygens (including phenoxy) is 1. The summed E-state index contributed by atoms with van der Waals surface area (Å²) < 4.78 is 5.10. The van der Waals surface area contributed by atoms with Crippen LogP contribution in [-0.2, 0) is 20.7 Å². The van der Waals surface area contributed by atoms with Gasteiger partial charge in [-0.05, 0) is 42.7 Å². The van der Waals surface area contributed by atoms with Crippen molar-refractivity contribution in [3.63, 3.8) is 0 Å². The predicted octanol–water partition coefficient (Wildman–Crippen LogP) is 3.37. The summed E-state index contributed by atoms with van der Waals surface area (Å²) in [6.45, 7) is 4.69. The molecule has 0 heterocycles. The molecule has 4 nitrogen and oxygen atoms in total. The van der Waals surface area contributed by atoms with Crippen LogP contribution in [0.1, 0.15) is 50.2 Å². The van der Waals surface area contributed by atoms with Crippen molar-refractivity contribution >= 4 is 11.9 Å². The van der Waals surface area contributed by atoms with E-state index in [1.54, 1.807) is 0 Å². The normalized spacial score (nSPS) is 16.9. The average Bonchev–Trinajstić information content (AvgIpc) is 2.61. The first-order chi connectivity index (χ1) is 11.6. The number of rotatable bonds is 7. The number of carbonyl (C=O) groups excluding carboxylic acids is 2. The highest BCUT2D eigenvalue weighted by Crippen LogP contribution is 2.19.